The van der Waals surface area contributed by atoms with Crippen LogP contribution in [0, 0.1) is 0 Å². The minimum atomic E-state index is -4.88. The quantitative estimate of drug-likeness (QED) is 0.847. The topological polar surface area (TPSA) is 94.9 Å². The average molecular weight is 341 g/mol. The zero-order valence-electron chi connectivity index (χ0n) is 11.6. The van der Waals surface area contributed by atoms with Crippen molar-refractivity contribution in [3.05, 3.63) is 29.3 Å². The first-order chi connectivity index (χ1) is 9.84. The second-order valence-corrected chi connectivity index (χ2v) is 6.58. The molecular weight excluding hydrogens is 327 g/mol. The molecule has 124 valence electrons. The number of aromatic carboxylic acids is 1. The molecule has 0 aromatic heterocycles. The first-order valence-electron chi connectivity index (χ1n) is 5.94. The average Bonchev–Trinajstić information content (AvgIpc) is 2.32. The van der Waals surface area contributed by atoms with Crippen LogP contribution in [-0.2, 0) is 16.2 Å². The van der Waals surface area contributed by atoms with Crippen molar-refractivity contribution in [3.63, 3.8) is 0 Å². The molecule has 22 heavy (non-hydrogen) atoms. The highest BCUT2D eigenvalue weighted by atomic mass is 32.2. The molecule has 1 rings (SSSR count). The van der Waals surface area contributed by atoms with Gasteiger partial charge in [-0.1, -0.05) is 0 Å². The number of hydrogen-bond donors (Lipinski definition) is 2. The molecule has 0 radical (unpaired) electrons. The Bertz CT molecular complexity index is 670. The van der Waals surface area contributed by atoms with Crippen molar-refractivity contribution in [3.8, 4) is 0 Å². The maximum Gasteiger partial charge on any atom is 0.418 e. The molecule has 0 heterocycles. The molecule has 1 aromatic carbocycles. The fraction of sp³-hybridized carbons (Fsp3) is 0.417. The predicted molar refractivity (Wildman–Crippen MR) is 72.3 cm³/mol. The van der Waals surface area contributed by atoms with Crippen LogP contribution in [0.5, 0.6) is 0 Å². The number of carbonyl (C=O) groups is 1. The van der Waals surface area contributed by atoms with Gasteiger partial charge in [0.2, 0.25) is 10.0 Å². The van der Waals surface area contributed by atoms with Crippen molar-refractivity contribution >= 4 is 21.7 Å². The molecule has 1 atom stereocenters. The van der Waals surface area contributed by atoms with Crippen LogP contribution in [0.2, 0.25) is 0 Å². The molecule has 0 spiro atoms. The van der Waals surface area contributed by atoms with E-state index in [1.165, 1.54) is 6.92 Å². The molecule has 0 amide bonds. The van der Waals surface area contributed by atoms with Gasteiger partial charge in [-0.25, -0.2) is 13.2 Å². The van der Waals surface area contributed by atoms with E-state index in [1.54, 1.807) is 0 Å². The zero-order valence-corrected chi connectivity index (χ0v) is 12.4. The number of benzene rings is 1. The molecular formula is C12H14F3NO5S. The van der Waals surface area contributed by atoms with Gasteiger partial charge in [-0.3, -0.25) is 4.31 Å². The Morgan fingerprint density at radius 3 is 2.27 bits per heavy atom. The maximum atomic E-state index is 13.0. The van der Waals surface area contributed by atoms with Crippen molar-refractivity contribution in [2.75, 3.05) is 17.1 Å². The molecule has 10 heteroatoms. The number of aliphatic hydroxyl groups excluding tert-OH is 1. The van der Waals surface area contributed by atoms with Crippen molar-refractivity contribution in [1.82, 2.24) is 0 Å². The molecule has 0 bridgehead atoms. The van der Waals surface area contributed by atoms with Gasteiger partial charge in [0.25, 0.3) is 0 Å². The minimum absolute atomic E-state index is 0.340. The zero-order chi connectivity index (χ0) is 17.3. The lowest BCUT2D eigenvalue weighted by molar-refractivity contribution is -0.137. The summed E-state index contributed by atoms with van der Waals surface area (Å²) < 4.78 is 62.9. The van der Waals surface area contributed by atoms with Gasteiger partial charge in [-0.15, -0.1) is 0 Å². The van der Waals surface area contributed by atoms with E-state index >= 15 is 0 Å². The van der Waals surface area contributed by atoms with E-state index in [-0.39, 0.29) is 0 Å². The van der Waals surface area contributed by atoms with Gasteiger partial charge in [0.15, 0.2) is 0 Å². The summed E-state index contributed by atoms with van der Waals surface area (Å²) in [7, 11) is -4.16. The highest BCUT2D eigenvalue weighted by Gasteiger charge is 2.37. The highest BCUT2D eigenvalue weighted by molar-refractivity contribution is 7.92. The second-order valence-electron chi connectivity index (χ2n) is 4.68. The summed E-state index contributed by atoms with van der Waals surface area (Å²) in [5, 5.41) is 18.2. The van der Waals surface area contributed by atoms with Crippen LogP contribution < -0.4 is 4.31 Å². The van der Waals surface area contributed by atoms with E-state index in [9.17, 15) is 31.5 Å². The number of aliphatic hydroxyl groups is 1. The van der Waals surface area contributed by atoms with Crippen LogP contribution in [-0.4, -0.2) is 43.5 Å². The van der Waals surface area contributed by atoms with E-state index in [4.69, 9.17) is 5.11 Å². The number of nitrogens with zero attached hydrogens (tertiary/aromatic N) is 1. The summed E-state index contributed by atoms with van der Waals surface area (Å²) >= 11 is 0. The fourth-order valence-corrected chi connectivity index (χ4v) is 2.76. The first kappa shape index (κ1) is 18.2. The summed E-state index contributed by atoms with van der Waals surface area (Å²) in [5.41, 5.74) is -2.64. The van der Waals surface area contributed by atoms with Crippen LogP contribution in [0.3, 0.4) is 0 Å². The molecule has 2 N–H and O–H groups in total. The van der Waals surface area contributed by atoms with E-state index in [2.05, 4.69) is 0 Å². The van der Waals surface area contributed by atoms with Gasteiger partial charge in [0.1, 0.15) is 0 Å². The normalized spacial score (nSPS) is 13.7. The summed E-state index contributed by atoms with van der Waals surface area (Å²) in [4.78, 5) is 10.9. The standard InChI is InChI=1S/C12H14F3NO5S/c1-7(17)6-16(22(2,20)21)10-5-8(11(18)19)3-4-9(10)12(13,14)15/h3-5,7,17H,6H2,1-2H3,(H,18,19). The van der Waals surface area contributed by atoms with Crippen LogP contribution in [0.25, 0.3) is 0 Å². The highest BCUT2D eigenvalue weighted by Crippen LogP contribution is 2.38. The van der Waals surface area contributed by atoms with Crippen molar-refractivity contribution in [2.24, 2.45) is 0 Å². The van der Waals surface area contributed by atoms with Crippen molar-refractivity contribution in [2.45, 2.75) is 19.2 Å². The lowest BCUT2D eigenvalue weighted by Gasteiger charge is -2.27. The van der Waals surface area contributed by atoms with Crippen LogP contribution in [0.4, 0.5) is 18.9 Å². The largest absolute Gasteiger partial charge is 0.478 e. The summed E-state index contributed by atoms with van der Waals surface area (Å²) in [5.74, 6) is -1.50. The van der Waals surface area contributed by atoms with E-state index in [0.29, 0.717) is 22.7 Å². The third-order valence-corrected chi connectivity index (χ3v) is 3.80. The number of hydrogen-bond acceptors (Lipinski definition) is 4. The Morgan fingerprint density at radius 2 is 1.91 bits per heavy atom. The SMILES string of the molecule is CC(O)CN(c1cc(C(=O)O)ccc1C(F)(F)F)S(C)(=O)=O. The van der Waals surface area contributed by atoms with Crippen LogP contribution in [0.1, 0.15) is 22.8 Å². The van der Waals surface area contributed by atoms with Crippen molar-refractivity contribution in [1.29, 1.82) is 0 Å². The Hall–Kier alpha value is -1.81. The molecule has 1 aromatic rings. The monoisotopic (exact) mass is 341 g/mol. The van der Waals surface area contributed by atoms with Crippen LogP contribution >= 0.6 is 0 Å². The predicted octanol–water partition coefficient (Wildman–Crippen LogP) is 1.55. The lowest BCUT2D eigenvalue weighted by Crippen LogP contribution is -2.37. The molecule has 0 aliphatic heterocycles. The van der Waals surface area contributed by atoms with E-state index < -0.39 is 51.6 Å². The molecule has 0 saturated heterocycles. The van der Waals surface area contributed by atoms with Gasteiger partial charge in [0, 0.05) is 0 Å². The van der Waals surface area contributed by atoms with Crippen molar-refractivity contribution < 1.29 is 36.6 Å². The third-order valence-electron chi connectivity index (χ3n) is 2.65. The Morgan fingerprint density at radius 1 is 1.36 bits per heavy atom. The molecule has 1 unspecified atom stereocenters. The summed E-state index contributed by atoms with van der Waals surface area (Å²) in [6.45, 7) is 0.567. The van der Waals surface area contributed by atoms with Gasteiger partial charge in [0.05, 0.1) is 35.7 Å². The minimum Gasteiger partial charge on any atom is -0.478 e. The van der Waals surface area contributed by atoms with Gasteiger partial charge < -0.3 is 10.2 Å². The molecule has 0 fully saturated rings. The Balaban J connectivity index is 3.63. The molecule has 6 nitrogen and oxygen atoms in total. The second kappa shape index (κ2) is 6.13. The van der Waals surface area contributed by atoms with E-state index in [1.807, 2.05) is 0 Å². The Kier molecular flexibility index (Phi) is 5.08. The summed E-state index contributed by atoms with van der Waals surface area (Å²) in [6.07, 6.45) is -5.46. The van der Waals surface area contributed by atoms with Gasteiger partial charge in [-0.2, -0.15) is 13.2 Å². The number of anilines is 1. The lowest BCUT2D eigenvalue weighted by atomic mass is 10.1. The number of alkyl halides is 3. The number of halogens is 3. The number of carboxylic acid groups (broad SMARTS) is 1. The maximum absolute atomic E-state index is 13.0. The first-order valence-corrected chi connectivity index (χ1v) is 7.79. The molecule has 0 saturated carbocycles. The number of sulfonamides is 1. The van der Waals surface area contributed by atoms with E-state index in [0.717, 1.165) is 6.07 Å². The third kappa shape index (κ3) is 4.34. The van der Waals surface area contributed by atoms with Gasteiger partial charge >= 0.3 is 12.1 Å². The summed E-state index contributed by atoms with van der Waals surface area (Å²) in [6, 6.07) is 1.85. The fourth-order valence-electron chi connectivity index (χ4n) is 1.76. The van der Waals surface area contributed by atoms with Gasteiger partial charge in [-0.05, 0) is 25.1 Å². The number of carboxylic acids is 1. The molecule has 0 aliphatic carbocycles. The number of rotatable bonds is 5. The Labute approximate surface area is 124 Å². The smallest absolute Gasteiger partial charge is 0.418 e. The molecule has 0 aliphatic rings. The van der Waals surface area contributed by atoms with Crippen LogP contribution in [0.15, 0.2) is 18.2 Å².